The lowest BCUT2D eigenvalue weighted by Gasteiger charge is -2.34. The first kappa shape index (κ1) is 39.0. The van der Waals surface area contributed by atoms with Gasteiger partial charge in [-0.15, -0.1) is 0 Å². The largest absolute Gasteiger partial charge is 0.309 e. The summed E-state index contributed by atoms with van der Waals surface area (Å²) >= 11 is 0. The molecule has 0 aliphatic heterocycles. The maximum Gasteiger partial charge on any atom is 0.0726 e. The summed E-state index contributed by atoms with van der Waals surface area (Å²) in [5.41, 5.74) is 18.1. The zero-order valence-electron chi connectivity index (χ0n) is 38.3. The first-order chi connectivity index (χ1) is 34.7. The summed E-state index contributed by atoms with van der Waals surface area (Å²) in [5.74, 6) is 0. The molecule has 0 heterocycles. The summed E-state index contributed by atoms with van der Waals surface area (Å²) in [4.78, 5) is 2.57. The van der Waals surface area contributed by atoms with E-state index < -0.39 is 5.41 Å². The second-order valence-corrected chi connectivity index (χ2v) is 19.1. The van der Waals surface area contributed by atoms with Crippen molar-refractivity contribution in [3.63, 3.8) is 0 Å². The SMILES string of the molecule is c1ccc2c(c1)-c1ccccc1C21c2ccccc2-c2cc(-c3ccc(-c4cccc5ccccc45)cc3)c(N(c3ccc4c5ccccc5c5ccccc5c4c3)c3cccc4ccccc34)cc21. The third kappa shape index (κ3) is 5.43. The monoisotopic (exact) mass is 885 g/mol. The zero-order chi connectivity index (χ0) is 45.9. The molecule has 13 aromatic carbocycles. The maximum absolute atomic E-state index is 2.58. The van der Waals surface area contributed by atoms with E-state index in [9.17, 15) is 0 Å². The normalized spacial score (nSPS) is 13.0. The Morgan fingerprint density at radius 3 is 1.27 bits per heavy atom. The molecule has 0 radical (unpaired) electrons. The lowest BCUT2D eigenvalue weighted by Crippen LogP contribution is -2.26. The highest BCUT2D eigenvalue weighted by Gasteiger charge is 2.52. The fourth-order valence-corrected chi connectivity index (χ4v) is 12.7. The number of nitrogens with zero attached hydrogens (tertiary/aromatic N) is 1. The molecular formula is C69H43N. The van der Waals surface area contributed by atoms with Crippen LogP contribution in [0.5, 0.6) is 0 Å². The molecule has 0 bridgehead atoms. The second-order valence-electron chi connectivity index (χ2n) is 19.1. The Morgan fingerprint density at radius 2 is 0.657 bits per heavy atom. The van der Waals surface area contributed by atoms with E-state index in [4.69, 9.17) is 0 Å². The van der Waals surface area contributed by atoms with Crippen molar-refractivity contribution in [1.29, 1.82) is 0 Å². The summed E-state index contributed by atoms with van der Waals surface area (Å²) < 4.78 is 0. The van der Waals surface area contributed by atoms with E-state index in [2.05, 4.69) is 266 Å². The number of fused-ring (bicyclic) bond motifs is 18. The summed E-state index contributed by atoms with van der Waals surface area (Å²) in [5, 5.41) is 12.5. The van der Waals surface area contributed by atoms with E-state index in [-0.39, 0.29) is 0 Å². The average molecular weight is 886 g/mol. The molecule has 2 aliphatic rings. The van der Waals surface area contributed by atoms with E-state index in [1.54, 1.807) is 0 Å². The van der Waals surface area contributed by atoms with Crippen LogP contribution in [0.4, 0.5) is 17.1 Å². The van der Waals surface area contributed by atoms with Gasteiger partial charge in [0.05, 0.1) is 16.8 Å². The molecule has 0 fully saturated rings. The minimum Gasteiger partial charge on any atom is -0.309 e. The lowest BCUT2D eigenvalue weighted by atomic mass is 9.70. The number of benzene rings is 13. The van der Waals surface area contributed by atoms with Gasteiger partial charge in [0.1, 0.15) is 0 Å². The summed E-state index contributed by atoms with van der Waals surface area (Å²) in [6.45, 7) is 0. The van der Waals surface area contributed by atoms with Crippen LogP contribution in [0.2, 0.25) is 0 Å². The third-order valence-electron chi connectivity index (χ3n) is 15.6. The van der Waals surface area contributed by atoms with Crippen molar-refractivity contribution in [2.24, 2.45) is 0 Å². The van der Waals surface area contributed by atoms with Gasteiger partial charge in [0, 0.05) is 16.6 Å². The van der Waals surface area contributed by atoms with Gasteiger partial charge in [-0.3, -0.25) is 0 Å². The highest BCUT2D eigenvalue weighted by Crippen LogP contribution is 2.64. The van der Waals surface area contributed by atoms with Gasteiger partial charge in [-0.1, -0.05) is 231 Å². The number of anilines is 3. The van der Waals surface area contributed by atoms with Crippen LogP contribution < -0.4 is 4.90 Å². The van der Waals surface area contributed by atoms with Gasteiger partial charge >= 0.3 is 0 Å². The number of hydrogen-bond acceptors (Lipinski definition) is 1. The van der Waals surface area contributed by atoms with Crippen LogP contribution in [0, 0.1) is 0 Å². The van der Waals surface area contributed by atoms with E-state index in [1.165, 1.54) is 115 Å². The minimum absolute atomic E-state index is 0.520. The van der Waals surface area contributed by atoms with Crippen LogP contribution in [0.15, 0.2) is 261 Å². The summed E-state index contributed by atoms with van der Waals surface area (Å²) in [6.07, 6.45) is 0. The first-order valence-corrected chi connectivity index (χ1v) is 24.4. The van der Waals surface area contributed by atoms with Crippen LogP contribution in [-0.4, -0.2) is 0 Å². The van der Waals surface area contributed by atoms with Crippen LogP contribution in [-0.2, 0) is 5.41 Å². The molecular weight excluding hydrogens is 843 g/mol. The van der Waals surface area contributed by atoms with Crippen LogP contribution in [0.25, 0.3) is 98.4 Å². The molecule has 15 rings (SSSR count). The molecule has 1 nitrogen and oxygen atoms in total. The standard InChI is InChI=1S/C69H43N/c1-3-21-49-44(17-1)19-15-30-50(49)46-35-37-47(38-36-46)60-42-62-59-29-11-14-33-65(59)69(63-31-12-9-27-57(63)58-28-10-13-32-64(58)69)66(62)43-68(60)70(67-34-16-20-45-18-2-4-22-51(45)67)48-39-40-56-54-25-6-5-23-52(54)53-24-7-8-26-55(53)61(56)41-48/h1-43H. The average Bonchev–Trinajstić information content (AvgIpc) is 3.90. The van der Waals surface area contributed by atoms with E-state index >= 15 is 0 Å². The molecule has 0 aromatic heterocycles. The van der Waals surface area contributed by atoms with Gasteiger partial charge in [0.2, 0.25) is 0 Å². The highest BCUT2D eigenvalue weighted by atomic mass is 15.1. The molecule has 0 saturated heterocycles. The summed E-state index contributed by atoms with van der Waals surface area (Å²) in [7, 11) is 0. The molecule has 2 aliphatic carbocycles. The summed E-state index contributed by atoms with van der Waals surface area (Å²) in [6, 6.07) is 97.8. The Morgan fingerprint density at radius 1 is 0.229 bits per heavy atom. The van der Waals surface area contributed by atoms with E-state index in [1.807, 2.05) is 0 Å². The molecule has 0 unspecified atom stereocenters. The molecule has 324 valence electrons. The van der Waals surface area contributed by atoms with Gasteiger partial charge in [-0.2, -0.15) is 0 Å². The van der Waals surface area contributed by atoms with Crippen molar-refractivity contribution in [2.45, 2.75) is 5.41 Å². The van der Waals surface area contributed by atoms with Crippen molar-refractivity contribution in [2.75, 3.05) is 4.90 Å². The van der Waals surface area contributed by atoms with E-state index in [0.717, 1.165) is 22.6 Å². The van der Waals surface area contributed by atoms with Gasteiger partial charge in [-0.25, -0.2) is 0 Å². The molecule has 0 saturated carbocycles. The minimum atomic E-state index is -0.520. The molecule has 1 heteroatoms. The fourth-order valence-electron chi connectivity index (χ4n) is 12.7. The van der Waals surface area contributed by atoms with Gasteiger partial charge in [0.25, 0.3) is 0 Å². The Kier molecular flexibility index (Phi) is 8.35. The van der Waals surface area contributed by atoms with Crippen molar-refractivity contribution >= 4 is 70.9 Å². The highest BCUT2D eigenvalue weighted by molar-refractivity contribution is 6.26. The molecule has 0 atom stereocenters. The molecule has 0 N–H and O–H groups in total. The lowest BCUT2D eigenvalue weighted by molar-refractivity contribution is 0.794. The predicted molar refractivity (Wildman–Crippen MR) is 296 cm³/mol. The first-order valence-electron chi connectivity index (χ1n) is 24.4. The molecule has 70 heavy (non-hydrogen) atoms. The Labute approximate surface area is 406 Å². The van der Waals surface area contributed by atoms with Crippen molar-refractivity contribution in [3.8, 4) is 44.5 Å². The Hall–Kier alpha value is -9.04. The van der Waals surface area contributed by atoms with Crippen LogP contribution >= 0.6 is 0 Å². The maximum atomic E-state index is 2.58. The topological polar surface area (TPSA) is 3.24 Å². The Bertz CT molecular complexity index is 4220. The predicted octanol–water partition coefficient (Wildman–Crippen LogP) is 18.6. The fraction of sp³-hybridized carbons (Fsp3) is 0.0145. The second kappa shape index (κ2) is 15.0. The van der Waals surface area contributed by atoms with E-state index in [0.29, 0.717) is 0 Å². The van der Waals surface area contributed by atoms with Gasteiger partial charge in [0.15, 0.2) is 0 Å². The van der Waals surface area contributed by atoms with Crippen molar-refractivity contribution in [1.82, 2.24) is 0 Å². The van der Waals surface area contributed by atoms with Gasteiger partial charge in [-0.05, 0) is 140 Å². The Balaban J connectivity index is 1.07. The third-order valence-corrected chi connectivity index (χ3v) is 15.6. The molecule has 0 amide bonds. The smallest absolute Gasteiger partial charge is 0.0726 e. The number of hydrogen-bond donors (Lipinski definition) is 0. The number of rotatable bonds is 5. The van der Waals surface area contributed by atoms with Gasteiger partial charge < -0.3 is 4.90 Å². The molecule has 1 spiro atoms. The molecule has 13 aromatic rings. The zero-order valence-corrected chi connectivity index (χ0v) is 38.3. The quantitative estimate of drug-likeness (QED) is 0.156. The van der Waals surface area contributed by atoms with Crippen molar-refractivity contribution < 1.29 is 0 Å². The van der Waals surface area contributed by atoms with Crippen molar-refractivity contribution in [3.05, 3.63) is 283 Å². The van der Waals surface area contributed by atoms with Crippen LogP contribution in [0.1, 0.15) is 22.3 Å². The van der Waals surface area contributed by atoms with Crippen LogP contribution in [0.3, 0.4) is 0 Å².